The molecule has 0 atom stereocenters. The molecule has 0 radical (unpaired) electrons. The maximum absolute atomic E-state index is 13.3. The highest BCUT2D eigenvalue weighted by atomic mass is 19.1. The van der Waals surface area contributed by atoms with E-state index in [1.807, 2.05) is 27.0 Å². The fraction of sp³-hybridized carbons (Fsp3) is 0.471. The zero-order chi connectivity index (χ0) is 16.9. The summed E-state index contributed by atoms with van der Waals surface area (Å²) in [5, 5.41) is 6.85. The van der Waals surface area contributed by atoms with Crippen LogP contribution >= 0.6 is 0 Å². The standard InChI is InChI=1S/C17H24FN3O2/c1-17(2,3)23-16(22)20-9-8-19-7-6-12-11-21-15-5-4-13(18)10-14(12)15/h4-5,10-11,19,21H,6-9H2,1-3H3,(H,20,22). The Balaban J connectivity index is 1.67. The van der Waals surface area contributed by atoms with Gasteiger partial charge in [0.05, 0.1) is 0 Å². The van der Waals surface area contributed by atoms with Gasteiger partial charge in [0.25, 0.3) is 0 Å². The van der Waals surface area contributed by atoms with Crippen LogP contribution in [0.2, 0.25) is 0 Å². The number of hydrogen-bond donors (Lipinski definition) is 3. The zero-order valence-corrected chi connectivity index (χ0v) is 13.8. The third-order valence-corrected chi connectivity index (χ3v) is 3.27. The molecule has 0 bridgehead atoms. The lowest BCUT2D eigenvalue weighted by molar-refractivity contribution is 0.0528. The fourth-order valence-electron chi connectivity index (χ4n) is 2.27. The van der Waals surface area contributed by atoms with Gasteiger partial charge in [0.1, 0.15) is 11.4 Å². The van der Waals surface area contributed by atoms with E-state index >= 15 is 0 Å². The SMILES string of the molecule is CC(C)(C)OC(=O)NCCNCCc1c[nH]c2ccc(F)cc12. The minimum atomic E-state index is -0.484. The van der Waals surface area contributed by atoms with Crippen molar-refractivity contribution >= 4 is 17.0 Å². The molecule has 0 fully saturated rings. The molecule has 1 aromatic heterocycles. The molecule has 2 rings (SSSR count). The van der Waals surface area contributed by atoms with Crippen LogP contribution in [0.4, 0.5) is 9.18 Å². The molecule has 6 heteroatoms. The van der Waals surface area contributed by atoms with Gasteiger partial charge in [0.2, 0.25) is 0 Å². The molecule has 1 aromatic carbocycles. The monoisotopic (exact) mass is 321 g/mol. The number of benzene rings is 1. The number of aromatic amines is 1. The quantitative estimate of drug-likeness (QED) is 0.717. The van der Waals surface area contributed by atoms with Crippen LogP contribution in [-0.2, 0) is 11.2 Å². The summed E-state index contributed by atoms with van der Waals surface area (Å²) in [6, 6.07) is 4.74. The van der Waals surface area contributed by atoms with Gasteiger partial charge in [-0.05, 0) is 57.5 Å². The first-order chi connectivity index (χ1) is 10.8. The summed E-state index contributed by atoms with van der Waals surface area (Å²) in [7, 11) is 0. The van der Waals surface area contributed by atoms with Crippen molar-refractivity contribution in [2.24, 2.45) is 0 Å². The molecule has 0 spiro atoms. The third kappa shape index (κ3) is 5.56. The summed E-state index contributed by atoms with van der Waals surface area (Å²) < 4.78 is 18.4. The lowest BCUT2D eigenvalue weighted by atomic mass is 10.1. The second kappa shape index (κ2) is 7.46. The van der Waals surface area contributed by atoms with Gasteiger partial charge in [-0.1, -0.05) is 0 Å². The Morgan fingerprint density at radius 3 is 2.78 bits per heavy atom. The highest BCUT2D eigenvalue weighted by Gasteiger charge is 2.15. The number of nitrogens with one attached hydrogen (secondary N) is 3. The second-order valence-electron chi connectivity index (χ2n) is 6.43. The number of carbonyl (C=O) groups excluding carboxylic acids is 1. The zero-order valence-electron chi connectivity index (χ0n) is 13.8. The third-order valence-electron chi connectivity index (χ3n) is 3.27. The van der Waals surface area contributed by atoms with Crippen molar-refractivity contribution in [3.05, 3.63) is 35.8 Å². The van der Waals surface area contributed by atoms with E-state index in [9.17, 15) is 9.18 Å². The van der Waals surface area contributed by atoms with Crippen LogP contribution in [0.3, 0.4) is 0 Å². The van der Waals surface area contributed by atoms with Crippen LogP contribution in [0.1, 0.15) is 26.3 Å². The minimum Gasteiger partial charge on any atom is -0.444 e. The van der Waals surface area contributed by atoms with Crippen molar-refractivity contribution in [1.29, 1.82) is 0 Å². The highest BCUT2D eigenvalue weighted by molar-refractivity contribution is 5.83. The number of fused-ring (bicyclic) bond motifs is 1. The van der Waals surface area contributed by atoms with E-state index < -0.39 is 11.7 Å². The van der Waals surface area contributed by atoms with Gasteiger partial charge in [-0.15, -0.1) is 0 Å². The first-order valence-electron chi connectivity index (χ1n) is 7.78. The van der Waals surface area contributed by atoms with E-state index in [0.717, 1.165) is 29.4 Å². The Kier molecular flexibility index (Phi) is 5.60. The van der Waals surface area contributed by atoms with Crippen molar-refractivity contribution in [3.8, 4) is 0 Å². The van der Waals surface area contributed by atoms with Gasteiger partial charge >= 0.3 is 6.09 Å². The molecule has 23 heavy (non-hydrogen) atoms. The molecule has 3 N–H and O–H groups in total. The van der Waals surface area contributed by atoms with Crippen molar-refractivity contribution in [2.75, 3.05) is 19.6 Å². The second-order valence-corrected chi connectivity index (χ2v) is 6.43. The average molecular weight is 321 g/mol. The summed E-state index contributed by atoms with van der Waals surface area (Å²) in [6.07, 6.45) is 2.28. The Bertz CT molecular complexity index is 661. The van der Waals surface area contributed by atoms with E-state index in [1.165, 1.54) is 6.07 Å². The van der Waals surface area contributed by atoms with Crippen LogP contribution in [0, 0.1) is 5.82 Å². The Morgan fingerprint density at radius 2 is 2.04 bits per heavy atom. The molecule has 1 heterocycles. The predicted octanol–water partition coefficient (Wildman–Crippen LogP) is 2.96. The summed E-state index contributed by atoms with van der Waals surface area (Å²) in [4.78, 5) is 14.6. The number of rotatable bonds is 6. The van der Waals surface area contributed by atoms with E-state index in [0.29, 0.717) is 13.1 Å². The van der Waals surface area contributed by atoms with Gasteiger partial charge in [-0.2, -0.15) is 0 Å². The van der Waals surface area contributed by atoms with Gasteiger partial charge in [0.15, 0.2) is 0 Å². The molecule has 1 amide bonds. The topological polar surface area (TPSA) is 66.2 Å². The maximum atomic E-state index is 13.3. The number of halogens is 1. The van der Waals surface area contributed by atoms with E-state index in [-0.39, 0.29) is 5.82 Å². The number of H-pyrrole nitrogens is 1. The molecular weight excluding hydrogens is 297 g/mol. The number of ether oxygens (including phenoxy) is 1. The van der Waals surface area contributed by atoms with Crippen molar-refractivity contribution < 1.29 is 13.9 Å². The molecule has 2 aromatic rings. The van der Waals surface area contributed by atoms with E-state index in [4.69, 9.17) is 4.74 Å². The fourth-order valence-corrected chi connectivity index (χ4v) is 2.27. The Morgan fingerprint density at radius 1 is 1.26 bits per heavy atom. The Hall–Kier alpha value is -2.08. The first kappa shape index (κ1) is 17.3. The van der Waals surface area contributed by atoms with Gasteiger partial charge in [-0.3, -0.25) is 0 Å². The van der Waals surface area contributed by atoms with Gasteiger partial charge in [0, 0.05) is 30.2 Å². The van der Waals surface area contributed by atoms with Crippen LogP contribution in [0.25, 0.3) is 10.9 Å². The van der Waals surface area contributed by atoms with Crippen LogP contribution in [0.5, 0.6) is 0 Å². The summed E-state index contributed by atoms with van der Waals surface area (Å²) in [6.45, 7) is 7.38. The lowest BCUT2D eigenvalue weighted by Crippen LogP contribution is -2.36. The first-order valence-corrected chi connectivity index (χ1v) is 7.78. The number of carbonyl (C=O) groups is 1. The summed E-state index contributed by atoms with van der Waals surface area (Å²) in [5.41, 5.74) is 1.53. The molecule has 0 aliphatic carbocycles. The molecule has 0 aliphatic heterocycles. The van der Waals surface area contributed by atoms with Gasteiger partial charge in [-0.25, -0.2) is 9.18 Å². The number of aromatic nitrogens is 1. The molecule has 0 unspecified atom stereocenters. The Labute approximate surface area is 135 Å². The molecule has 0 saturated heterocycles. The highest BCUT2D eigenvalue weighted by Crippen LogP contribution is 2.19. The van der Waals surface area contributed by atoms with Crippen molar-refractivity contribution in [3.63, 3.8) is 0 Å². The van der Waals surface area contributed by atoms with Crippen molar-refractivity contribution in [1.82, 2.24) is 15.6 Å². The van der Waals surface area contributed by atoms with E-state index in [1.54, 1.807) is 12.1 Å². The summed E-state index contributed by atoms with van der Waals surface area (Å²) >= 11 is 0. The molecule has 126 valence electrons. The maximum Gasteiger partial charge on any atom is 0.407 e. The van der Waals surface area contributed by atoms with Crippen LogP contribution < -0.4 is 10.6 Å². The van der Waals surface area contributed by atoms with Crippen LogP contribution in [0.15, 0.2) is 24.4 Å². The molecule has 5 nitrogen and oxygen atoms in total. The normalized spacial score (nSPS) is 11.7. The van der Waals surface area contributed by atoms with Crippen molar-refractivity contribution in [2.45, 2.75) is 32.8 Å². The average Bonchev–Trinajstić information content (AvgIpc) is 2.83. The number of hydrogen-bond acceptors (Lipinski definition) is 3. The smallest absolute Gasteiger partial charge is 0.407 e. The predicted molar refractivity (Wildman–Crippen MR) is 89.1 cm³/mol. The van der Waals surface area contributed by atoms with Gasteiger partial charge < -0.3 is 20.4 Å². The van der Waals surface area contributed by atoms with E-state index in [2.05, 4.69) is 15.6 Å². The number of amides is 1. The molecule has 0 saturated carbocycles. The number of alkyl carbamates (subject to hydrolysis) is 1. The lowest BCUT2D eigenvalue weighted by Gasteiger charge is -2.19. The summed E-state index contributed by atoms with van der Waals surface area (Å²) in [5.74, 6) is -0.229. The largest absolute Gasteiger partial charge is 0.444 e. The molecule has 0 aliphatic rings. The molecular formula is C17H24FN3O2. The van der Waals surface area contributed by atoms with Crippen LogP contribution in [-0.4, -0.2) is 36.3 Å². The minimum absolute atomic E-state index is 0.229.